The summed E-state index contributed by atoms with van der Waals surface area (Å²) in [4.78, 5) is 17.2. The molecular formula is C13H16N4O2S. The molecule has 0 aliphatic heterocycles. The van der Waals surface area contributed by atoms with Crippen LogP contribution in [0.3, 0.4) is 0 Å². The van der Waals surface area contributed by atoms with Gasteiger partial charge >= 0.3 is 5.97 Å². The second kappa shape index (κ2) is 5.56. The number of aliphatic carboxylic acids is 1. The fourth-order valence-corrected chi connectivity index (χ4v) is 2.62. The molecule has 1 unspecified atom stereocenters. The first kappa shape index (κ1) is 14.4. The molecule has 20 heavy (non-hydrogen) atoms. The number of likely N-dealkylation sites (N-methyl/N-ethyl adjacent to an activating group) is 1. The maximum Gasteiger partial charge on any atom is 0.317 e. The van der Waals surface area contributed by atoms with Gasteiger partial charge in [0.1, 0.15) is 11.7 Å². The molecule has 0 fully saturated rings. The Bertz CT molecular complexity index is 667. The third kappa shape index (κ3) is 2.63. The molecule has 0 aromatic carbocycles. The molecule has 0 saturated heterocycles. The number of pyridine rings is 1. The SMILES string of the molecule is Cc1nc2ccccn2c1C(C(N)=S)N(C)CC(=O)O. The van der Waals surface area contributed by atoms with E-state index in [-0.39, 0.29) is 11.5 Å². The van der Waals surface area contributed by atoms with E-state index < -0.39 is 12.0 Å². The number of fused-ring (bicyclic) bond motifs is 1. The Morgan fingerprint density at radius 3 is 2.90 bits per heavy atom. The van der Waals surface area contributed by atoms with Crippen LogP contribution in [-0.2, 0) is 4.79 Å². The quantitative estimate of drug-likeness (QED) is 0.799. The minimum Gasteiger partial charge on any atom is -0.480 e. The molecule has 2 aromatic heterocycles. The zero-order valence-corrected chi connectivity index (χ0v) is 12.1. The van der Waals surface area contributed by atoms with Gasteiger partial charge in [-0.2, -0.15) is 0 Å². The third-order valence-corrected chi connectivity index (χ3v) is 3.33. The van der Waals surface area contributed by atoms with Crippen LogP contribution in [0.1, 0.15) is 17.4 Å². The molecule has 0 bridgehead atoms. The lowest BCUT2D eigenvalue weighted by Gasteiger charge is -2.26. The fraction of sp³-hybridized carbons (Fsp3) is 0.308. The van der Waals surface area contributed by atoms with Gasteiger partial charge in [0, 0.05) is 6.20 Å². The van der Waals surface area contributed by atoms with E-state index in [4.69, 9.17) is 23.1 Å². The molecule has 6 nitrogen and oxygen atoms in total. The van der Waals surface area contributed by atoms with Crippen molar-refractivity contribution < 1.29 is 9.90 Å². The van der Waals surface area contributed by atoms with Crippen LogP contribution in [0.2, 0.25) is 0 Å². The van der Waals surface area contributed by atoms with Crippen LogP contribution in [0.5, 0.6) is 0 Å². The van der Waals surface area contributed by atoms with Gasteiger partial charge in [0.25, 0.3) is 0 Å². The number of hydrogen-bond donors (Lipinski definition) is 2. The number of thiocarbonyl (C=S) groups is 1. The van der Waals surface area contributed by atoms with Crippen molar-refractivity contribution in [2.75, 3.05) is 13.6 Å². The van der Waals surface area contributed by atoms with Crippen molar-refractivity contribution in [2.24, 2.45) is 5.73 Å². The largest absolute Gasteiger partial charge is 0.480 e. The summed E-state index contributed by atoms with van der Waals surface area (Å²) in [6.07, 6.45) is 1.87. The summed E-state index contributed by atoms with van der Waals surface area (Å²) in [5.74, 6) is -0.930. The van der Waals surface area contributed by atoms with E-state index in [1.165, 1.54) is 0 Å². The number of carboxylic acids is 1. The Hall–Kier alpha value is -1.99. The van der Waals surface area contributed by atoms with E-state index in [2.05, 4.69) is 4.98 Å². The zero-order chi connectivity index (χ0) is 14.9. The Balaban J connectivity index is 2.54. The Labute approximate surface area is 121 Å². The standard InChI is InChI=1S/C13H16N4O2S/c1-8-11(17-6-4-3-5-9(17)15-8)12(13(14)20)16(2)7-10(18)19/h3-6,12H,7H2,1-2H3,(H2,14,20)(H,18,19). The molecule has 7 heteroatoms. The topological polar surface area (TPSA) is 83.9 Å². The van der Waals surface area contributed by atoms with Crippen molar-refractivity contribution in [3.05, 3.63) is 35.8 Å². The molecule has 2 rings (SSSR count). The van der Waals surface area contributed by atoms with Gasteiger partial charge in [0.2, 0.25) is 0 Å². The average molecular weight is 292 g/mol. The van der Waals surface area contributed by atoms with E-state index in [0.29, 0.717) is 0 Å². The number of rotatable bonds is 5. The van der Waals surface area contributed by atoms with E-state index >= 15 is 0 Å². The summed E-state index contributed by atoms with van der Waals surface area (Å²) in [6, 6.07) is 5.18. The van der Waals surface area contributed by atoms with Crippen LogP contribution in [0.25, 0.3) is 5.65 Å². The van der Waals surface area contributed by atoms with Gasteiger partial charge in [-0.05, 0) is 26.1 Å². The summed E-state index contributed by atoms with van der Waals surface area (Å²) in [5, 5.41) is 8.95. The molecule has 0 aliphatic rings. The Morgan fingerprint density at radius 2 is 2.30 bits per heavy atom. The smallest absolute Gasteiger partial charge is 0.317 e. The van der Waals surface area contributed by atoms with Crippen LogP contribution >= 0.6 is 12.2 Å². The highest BCUT2D eigenvalue weighted by atomic mass is 32.1. The molecular weight excluding hydrogens is 276 g/mol. The van der Waals surface area contributed by atoms with Crippen LogP contribution in [0.15, 0.2) is 24.4 Å². The first-order chi connectivity index (χ1) is 9.41. The van der Waals surface area contributed by atoms with Gasteiger partial charge in [-0.15, -0.1) is 0 Å². The minimum absolute atomic E-state index is 0.151. The molecule has 1 atom stereocenters. The molecule has 0 aliphatic carbocycles. The van der Waals surface area contributed by atoms with Crippen LogP contribution < -0.4 is 5.73 Å². The molecule has 2 aromatic rings. The van der Waals surface area contributed by atoms with Crippen LogP contribution in [0, 0.1) is 6.92 Å². The highest BCUT2D eigenvalue weighted by Crippen LogP contribution is 2.24. The van der Waals surface area contributed by atoms with Crippen LogP contribution in [-0.4, -0.2) is 43.9 Å². The molecule has 0 saturated carbocycles. The normalized spacial score (nSPS) is 12.8. The van der Waals surface area contributed by atoms with E-state index in [1.807, 2.05) is 35.7 Å². The number of nitrogens with zero attached hydrogens (tertiary/aromatic N) is 3. The van der Waals surface area contributed by atoms with Gasteiger partial charge in [0.15, 0.2) is 0 Å². The highest BCUT2D eigenvalue weighted by Gasteiger charge is 2.27. The molecule has 3 N–H and O–H groups in total. The van der Waals surface area contributed by atoms with Gasteiger partial charge in [-0.25, -0.2) is 4.98 Å². The monoisotopic (exact) mass is 292 g/mol. The van der Waals surface area contributed by atoms with Crippen molar-refractivity contribution in [2.45, 2.75) is 13.0 Å². The predicted molar refractivity (Wildman–Crippen MR) is 79.7 cm³/mol. The first-order valence-corrected chi connectivity index (χ1v) is 6.47. The number of carbonyl (C=O) groups is 1. The predicted octanol–water partition coefficient (Wildman–Crippen LogP) is 0.986. The van der Waals surface area contributed by atoms with Crippen molar-refractivity contribution in [1.82, 2.24) is 14.3 Å². The average Bonchev–Trinajstić information content (AvgIpc) is 2.65. The second-order valence-corrected chi connectivity index (χ2v) is 5.10. The van der Waals surface area contributed by atoms with Crippen molar-refractivity contribution in [1.29, 1.82) is 0 Å². The summed E-state index contributed by atoms with van der Waals surface area (Å²) in [7, 11) is 1.68. The minimum atomic E-state index is -0.930. The molecule has 106 valence electrons. The van der Waals surface area contributed by atoms with Gasteiger partial charge < -0.3 is 15.2 Å². The summed E-state index contributed by atoms with van der Waals surface area (Å²) in [6.45, 7) is 1.71. The van der Waals surface area contributed by atoms with E-state index in [0.717, 1.165) is 17.0 Å². The maximum absolute atomic E-state index is 10.9. The fourth-order valence-electron chi connectivity index (χ4n) is 2.33. The first-order valence-electron chi connectivity index (χ1n) is 6.06. The maximum atomic E-state index is 10.9. The highest BCUT2D eigenvalue weighted by molar-refractivity contribution is 7.80. The van der Waals surface area contributed by atoms with Gasteiger partial charge in [-0.1, -0.05) is 18.3 Å². The number of aryl methyl sites for hydroxylation is 1. The molecule has 0 amide bonds. The van der Waals surface area contributed by atoms with E-state index in [1.54, 1.807) is 11.9 Å². The van der Waals surface area contributed by atoms with Gasteiger partial charge in [0.05, 0.1) is 22.9 Å². The second-order valence-electron chi connectivity index (χ2n) is 4.63. The lowest BCUT2D eigenvalue weighted by Crippen LogP contribution is -2.38. The van der Waals surface area contributed by atoms with Crippen molar-refractivity contribution in [3.63, 3.8) is 0 Å². The molecule has 0 radical (unpaired) electrons. The number of aromatic nitrogens is 2. The third-order valence-electron chi connectivity index (χ3n) is 3.10. The number of imidazole rings is 1. The van der Waals surface area contributed by atoms with E-state index in [9.17, 15) is 4.79 Å². The Morgan fingerprint density at radius 1 is 1.60 bits per heavy atom. The lowest BCUT2D eigenvalue weighted by atomic mass is 10.1. The molecule has 2 heterocycles. The lowest BCUT2D eigenvalue weighted by molar-refractivity contribution is -0.138. The summed E-state index contributed by atoms with van der Waals surface area (Å²) < 4.78 is 1.89. The van der Waals surface area contributed by atoms with Crippen molar-refractivity contribution >= 4 is 28.8 Å². The summed E-state index contributed by atoms with van der Waals surface area (Å²) >= 11 is 5.12. The summed E-state index contributed by atoms with van der Waals surface area (Å²) in [5.41, 5.74) is 8.19. The number of nitrogens with two attached hydrogens (primary N) is 1. The van der Waals surface area contributed by atoms with Crippen molar-refractivity contribution in [3.8, 4) is 0 Å². The van der Waals surface area contributed by atoms with Gasteiger partial charge in [-0.3, -0.25) is 9.69 Å². The molecule has 0 spiro atoms. The Kier molecular flexibility index (Phi) is 4.01. The zero-order valence-electron chi connectivity index (χ0n) is 11.3. The number of carboxylic acid groups (broad SMARTS) is 1. The van der Waals surface area contributed by atoms with Crippen LogP contribution in [0.4, 0.5) is 0 Å². The number of hydrogen-bond acceptors (Lipinski definition) is 4.